The largest absolute Gasteiger partial charge is 0.480 e. The van der Waals surface area contributed by atoms with Gasteiger partial charge in [0.2, 0.25) is 0 Å². The van der Waals surface area contributed by atoms with Crippen LogP contribution in [0, 0.1) is 0 Å². The van der Waals surface area contributed by atoms with Gasteiger partial charge < -0.3 is 20.8 Å². The van der Waals surface area contributed by atoms with Crippen molar-refractivity contribution < 1.29 is 24.0 Å². The fourth-order valence-electron chi connectivity index (χ4n) is 1.20. The highest BCUT2D eigenvalue weighted by Crippen LogP contribution is 1.92. The predicted molar refractivity (Wildman–Crippen MR) is 63.2 cm³/mol. The minimum Gasteiger partial charge on any atom is -0.480 e. The van der Waals surface area contributed by atoms with Crippen LogP contribution in [0.4, 0.5) is 4.79 Å². The van der Waals surface area contributed by atoms with Crippen molar-refractivity contribution in [1.29, 1.82) is 0 Å². The molecular weight excluding hydrogens is 248 g/mol. The summed E-state index contributed by atoms with van der Waals surface area (Å²) in [6.45, 7) is 1.34. The summed E-state index contributed by atoms with van der Waals surface area (Å²) in [5.74, 6) is -0.911. The molecule has 0 saturated carbocycles. The van der Waals surface area contributed by atoms with E-state index in [9.17, 15) is 13.8 Å². The van der Waals surface area contributed by atoms with Crippen molar-refractivity contribution in [1.82, 2.24) is 10.6 Å². The van der Waals surface area contributed by atoms with E-state index in [4.69, 9.17) is 10.2 Å². The number of carboxylic acids is 1. The molecule has 17 heavy (non-hydrogen) atoms. The fraction of sp³-hybridized carbons (Fsp3) is 0.778. The molecule has 0 aromatic heterocycles. The van der Waals surface area contributed by atoms with Crippen molar-refractivity contribution in [3.05, 3.63) is 0 Å². The maximum absolute atomic E-state index is 11.4. The molecule has 0 rings (SSSR count). The standard InChI is InChI=1S/C9H18N2O5S/c1-6(5-17(2)16)10-9(15)11-7(3-4-12)8(13)14/h6-7,12H,3-5H2,1-2H3,(H,13,14)(H2,10,11,15)/t6?,7-,17?/m0/s1. The van der Waals surface area contributed by atoms with E-state index in [0.717, 1.165) is 0 Å². The molecule has 2 amide bonds. The second-order valence-electron chi connectivity index (χ2n) is 3.66. The van der Waals surface area contributed by atoms with E-state index in [-0.39, 0.29) is 19.1 Å². The van der Waals surface area contributed by atoms with Crippen LogP contribution in [0.25, 0.3) is 0 Å². The van der Waals surface area contributed by atoms with E-state index in [0.29, 0.717) is 5.75 Å². The number of carbonyl (C=O) groups excluding carboxylic acids is 1. The molecule has 0 heterocycles. The number of urea groups is 1. The Morgan fingerprint density at radius 2 is 1.94 bits per heavy atom. The van der Waals surface area contributed by atoms with Gasteiger partial charge in [-0.25, -0.2) is 9.59 Å². The summed E-state index contributed by atoms with van der Waals surface area (Å²) in [7, 11) is -1.04. The molecule has 0 aliphatic rings. The summed E-state index contributed by atoms with van der Waals surface area (Å²) in [5.41, 5.74) is 0. The number of aliphatic hydroxyl groups is 1. The molecule has 100 valence electrons. The number of aliphatic hydroxyl groups excluding tert-OH is 1. The summed E-state index contributed by atoms with van der Waals surface area (Å²) in [5, 5.41) is 22.0. The first kappa shape index (κ1) is 15.9. The van der Waals surface area contributed by atoms with Gasteiger partial charge in [0.1, 0.15) is 6.04 Å². The maximum Gasteiger partial charge on any atom is 0.326 e. The Bertz CT molecular complexity index is 297. The van der Waals surface area contributed by atoms with E-state index < -0.39 is 28.8 Å². The first-order valence-electron chi connectivity index (χ1n) is 5.07. The highest BCUT2D eigenvalue weighted by molar-refractivity contribution is 7.84. The molecule has 0 radical (unpaired) electrons. The molecule has 0 fully saturated rings. The lowest BCUT2D eigenvalue weighted by Crippen LogP contribution is -2.49. The molecule has 0 bridgehead atoms. The van der Waals surface area contributed by atoms with Crippen LogP contribution in [0.5, 0.6) is 0 Å². The lowest BCUT2D eigenvalue weighted by atomic mass is 10.2. The zero-order valence-electron chi connectivity index (χ0n) is 9.80. The highest BCUT2D eigenvalue weighted by atomic mass is 32.2. The van der Waals surface area contributed by atoms with Crippen LogP contribution < -0.4 is 10.6 Å². The van der Waals surface area contributed by atoms with E-state index in [1.807, 2.05) is 0 Å². The van der Waals surface area contributed by atoms with Crippen molar-refractivity contribution in [2.75, 3.05) is 18.6 Å². The van der Waals surface area contributed by atoms with E-state index in [1.54, 1.807) is 6.92 Å². The summed E-state index contributed by atoms with van der Waals surface area (Å²) >= 11 is 0. The number of hydrogen-bond donors (Lipinski definition) is 4. The van der Waals surface area contributed by atoms with Gasteiger partial charge in [0.25, 0.3) is 0 Å². The molecule has 0 spiro atoms. The number of carboxylic acid groups (broad SMARTS) is 1. The van der Waals surface area contributed by atoms with Crippen molar-refractivity contribution in [2.24, 2.45) is 0 Å². The minimum atomic E-state index is -1.21. The van der Waals surface area contributed by atoms with Gasteiger partial charge in [0.15, 0.2) is 0 Å². The quantitative estimate of drug-likeness (QED) is 0.466. The van der Waals surface area contributed by atoms with Crippen LogP contribution >= 0.6 is 0 Å². The molecule has 7 nitrogen and oxygen atoms in total. The molecule has 0 saturated heterocycles. The van der Waals surface area contributed by atoms with Crippen LogP contribution in [0.3, 0.4) is 0 Å². The van der Waals surface area contributed by atoms with E-state index in [1.165, 1.54) is 6.26 Å². The average molecular weight is 266 g/mol. The number of aliphatic carboxylic acids is 1. The first-order valence-corrected chi connectivity index (χ1v) is 6.80. The van der Waals surface area contributed by atoms with Crippen LogP contribution in [0.2, 0.25) is 0 Å². The molecule has 4 N–H and O–H groups in total. The Labute approximate surface area is 102 Å². The third-order valence-corrected chi connectivity index (χ3v) is 2.85. The lowest BCUT2D eigenvalue weighted by molar-refractivity contribution is -0.139. The number of nitrogens with one attached hydrogen (secondary N) is 2. The summed E-state index contributed by atoms with van der Waals surface area (Å²) in [6, 6.07) is -2.09. The molecular formula is C9H18N2O5S. The van der Waals surface area contributed by atoms with E-state index in [2.05, 4.69) is 10.6 Å². The molecule has 0 aromatic rings. The van der Waals surface area contributed by atoms with Crippen molar-refractivity contribution >= 4 is 22.8 Å². The SMILES string of the molecule is CC(CS(C)=O)NC(=O)N[C@@H](CCO)C(=O)O. The van der Waals surface area contributed by atoms with Gasteiger partial charge in [-0.15, -0.1) is 0 Å². The summed E-state index contributed by atoms with van der Waals surface area (Å²) < 4.78 is 10.9. The molecule has 0 aliphatic carbocycles. The lowest BCUT2D eigenvalue weighted by Gasteiger charge is -2.17. The molecule has 8 heteroatoms. The maximum atomic E-state index is 11.4. The monoisotopic (exact) mass is 266 g/mol. The Morgan fingerprint density at radius 3 is 2.35 bits per heavy atom. The molecule has 2 unspecified atom stereocenters. The molecule has 0 aromatic carbocycles. The van der Waals surface area contributed by atoms with Gasteiger partial charge in [0.05, 0.1) is 0 Å². The van der Waals surface area contributed by atoms with Gasteiger partial charge in [-0.1, -0.05) is 0 Å². The third kappa shape index (κ3) is 7.70. The third-order valence-electron chi connectivity index (χ3n) is 1.88. The van der Waals surface area contributed by atoms with Crippen LogP contribution in [-0.4, -0.2) is 57.1 Å². The van der Waals surface area contributed by atoms with Crippen LogP contribution in [0.1, 0.15) is 13.3 Å². The van der Waals surface area contributed by atoms with Crippen LogP contribution in [-0.2, 0) is 15.6 Å². The van der Waals surface area contributed by atoms with E-state index >= 15 is 0 Å². The topological polar surface area (TPSA) is 116 Å². The fourth-order valence-corrected chi connectivity index (χ4v) is 1.99. The number of hydrogen-bond acceptors (Lipinski definition) is 4. The molecule has 3 atom stereocenters. The van der Waals surface area contributed by atoms with Crippen molar-refractivity contribution in [2.45, 2.75) is 25.4 Å². The molecule has 0 aliphatic heterocycles. The average Bonchev–Trinajstić information content (AvgIpc) is 2.14. The van der Waals surface area contributed by atoms with Gasteiger partial charge in [-0.2, -0.15) is 0 Å². The van der Waals surface area contributed by atoms with Gasteiger partial charge in [-0.05, 0) is 6.92 Å². The number of amides is 2. The first-order chi connectivity index (χ1) is 7.86. The normalized spacial score (nSPS) is 15.7. The predicted octanol–water partition coefficient (Wildman–Crippen LogP) is -1.11. The highest BCUT2D eigenvalue weighted by Gasteiger charge is 2.19. The summed E-state index contributed by atoms with van der Waals surface area (Å²) in [6.07, 6.45) is 1.46. The Balaban J connectivity index is 4.14. The number of rotatable bonds is 7. The Morgan fingerprint density at radius 1 is 1.35 bits per heavy atom. The van der Waals surface area contributed by atoms with Crippen molar-refractivity contribution in [3.8, 4) is 0 Å². The van der Waals surface area contributed by atoms with Crippen molar-refractivity contribution in [3.63, 3.8) is 0 Å². The zero-order valence-corrected chi connectivity index (χ0v) is 10.6. The number of carbonyl (C=O) groups is 2. The van der Waals surface area contributed by atoms with Gasteiger partial charge in [-0.3, -0.25) is 4.21 Å². The van der Waals surface area contributed by atoms with Crippen LogP contribution in [0.15, 0.2) is 0 Å². The Kier molecular flexibility index (Phi) is 7.47. The zero-order chi connectivity index (χ0) is 13.4. The minimum absolute atomic E-state index is 0.0587. The van der Waals surface area contributed by atoms with Gasteiger partial charge >= 0.3 is 12.0 Å². The smallest absolute Gasteiger partial charge is 0.326 e. The second kappa shape index (κ2) is 8.02. The van der Waals surface area contributed by atoms with Gasteiger partial charge in [0, 0.05) is 41.9 Å². The summed E-state index contributed by atoms with van der Waals surface area (Å²) in [4.78, 5) is 22.0. The Hall–Kier alpha value is -1.15. The second-order valence-corrected chi connectivity index (χ2v) is 5.14.